The lowest BCUT2D eigenvalue weighted by molar-refractivity contribution is 0.0928. The standard InChI is InChI=1S/C25H25N3O6S/c1-25(35(2,32)33,15-27-24(31)18-8-4-6-10-21(18)29)13-22(30)23-12-20(28-34-23)17-11-16-7-3-5-9-19(16)26-14-17/h3-12,14,22,29-30H,13,15H2,1-2H3,(H,27,31). The molecule has 2 unspecified atom stereocenters. The third kappa shape index (κ3) is 5.18. The van der Waals surface area contributed by atoms with Gasteiger partial charge in [0.1, 0.15) is 17.5 Å². The first-order valence-corrected chi connectivity index (χ1v) is 12.7. The average molecular weight is 496 g/mol. The molecule has 35 heavy (non-hydrogen) atoms. The fraction of sp³-hybridized carbons (Fsp3) is 0.240. The summed E-state index contributed by atoms with van der Waals surface area (Å²) in [6.07, 6.45) is 1.13. The number of amides is 1. The molecule has 2 aromatic heterocycles. The highest BCUT2D eigenvalue weighted by molar-refractivity contribution is 7.92. The van der Waals surface area contributed by atoms with Crippen molar-refractivity contribution >= 4 is 26.6 Å². The summed E-state index contributed by atoms with van der Waals surface area (Å²) < 4.78 is 29.0. The fourth-order valence-electron chi connectivity index (χ4n) is 3.69. The van der Waals surface area contributed by atoms with E-state index in [-0.39, 0.29) is 30.0 Å². The Morgan fingerprint density at radius 2 is 1.86 bits per heavy atom. The third-order valence-electron chi connectivity index (χ3n) is 6.03. The van der Waals surface area contributed by atoms with Crippen LogP contribution >= 0.6 is 0 Å². The highest BCUT2D eigenvalue weighted by Gasteiger charge is 2.39. The van der Waals surface area contributed by atoms with Crippen LogP contribution in [0.1, 0.15) is 35.6 Å². The summed E-state index contributed by atoms with van der Waals surface area (Å²) in [7, 11) is -3.73. The van der Waals surface area contributed by atoms with Gasteiger partial charge in [-0.1, -0.05) is 35.5 Å². The van der Waals surface area contributed by atoms with Gasteiger partial charge in [0.2, 0.25) is 0 Å². The molecule has 0 saturated heterocycles. The largest absolute Gasteiger partial charge is 0.507 e. The van der Waals surface area contributed by atoms with Crippen LogP contribution in [-0.4, -0.2) is 52.2 Å². The molecule has 0 saturated carbocycles. The molecule has 1 amide bonds. The molecule has 9 nitrogen and oxygen atoms in total. The zero-order chi connectivity index (χ0) is 25.2. The summed E-state index contributed by atoms with van der Waals surface area (Å²) in [5.41, 5.74) is 1.99. The van der Waals surface area contributed by atoms with Crippen LogP contribution in [0.3, 0.4) is 0 Å². The number of carbonyl (C=O) groups is 1. The zero-order valence-electron chi connectivity index (χ0n) is 19.2. The number of hydrogen-bond acceptors (Lipinski definition) is 8. The van der Waals surface area contributed by atoms with E-state index in [9.17, 15) is 23.4 Å². The molecule has 0 spiro atoms. The number of phenolic OH excluding ortho intramolecular Hbond substituents is 1. The summed E-state index contributed by atoms with van der Waals surface area (Å²) in [6, 6.07) is 17.0. The Kier molecular flexibility index (Phi) is 6.60. The third-order valence-corrected chi connectivity index (χ3v) is 8.14. The first kappa shape index (κ1) is 24.4. The van der Waals surface area contributed by atoms with Crippen molar-refractivity contribution in [2.75, 3.05) is 12.8 Å². The van der Waals surface area contributed by atoms with Crippen molar-refractivity contribution in [3.05, 3.63) is 78.2 Å². The van der Waals surface area contributed by atoms with E-state index in [2.05, 4.69) is 15.5 Å². The minimum atomic E-state index is -3.73. The van der Waals surface area contributed by atoms with Gasteiger partial charge in [0.05, 0.1) is 15.8 Å². The number of rotatable bonds is 8. The van der Waals surface area contributed by atoms with Crippen LogP contribution in [-0.2, 0) is 9.84 Å². The number of phenols is 1. The number of pyridine rings is 1. The lowest BCUT2D eigenvalue weighted by Gasteiger charge is -2.29. The Bertz CT molecular complexity index is 1480. The molecule has 0 bridgehead atoms. The predicted molar refractivity (Wildman–Crippen MR) is 131 cm³/mol. The molecule has 0 aliphatic heterocycles. The van der Waals surface area contributed by atoms with E-state index in [0.717, 1.165) is 17.2 Å². The number of aromatic nitrogens is 2. The summed E-state index contributed by atoms with van der Waals surface area (Å²) in [5, 5.41) is 28.2. The first-order valence-electron chi connectivity index (χ1n) is 10.8. The number of aliphatic hydroxyl groups is 1. The number of aliphatic hydroxyl groups excluding tert-OH is 1. The molecule has 0 fully saturated rings. The molecule has 2 atom stereocenters. The minimum Gasteiger partial charge on any atom is -0.507 e. The second-order valence-corrected chi connectivity index (χ2v) is 11.2. The van der Waals surface area contributed by atoms with Gasteiger partial charge in [-0.2, -0.15) is 0 Å². The van der Waals surface area contributed by atoms with E-state index < -0.39 is 26.6 Å². The van der Waals surface area contributed by atoms with Crippen LogP contribution in [0.15, 0.2) is 71.4 Å². The highest BCUT2D eigenvalue weighted by Crippen LogP contribution is 2.32. The van der Waals surface area contributed by atoms with Crippen LogP contribution in [0, 0.1) is 0 Å². The van der Waals surface area contributed by atoms with Crippen molar-refractivity contribution in [3.8, 4) is 17.0 Å². The van der Waals surface area contributed by atoms with Gasteiger partial charge in [-0.3, -0.25) is 9.78 Å². The van der Waals surface area contributed by atoms with Gasteiger partial charge in [-0.05, 0) is 31.2 Å². The molecule has 3 N–H and O–H groups in total. The van der Waals surface area contributed by atoms with Gasteiger partial charge >= 0.3 is 0 Å². The van der Waals surface area contributed by atoms with E-state index in [1.165, 1.54) is 19.1 Å². The molecule has 4 aromatic rings. The van der Waals surface area contributed by atoms with Gasteiger partial charge in [-0.15, -0.1) is 0 Å². The van der Waals surface area contributed by atoms with E-state index in [1.54, 1.807) is 24.4 Å². The van der Waals surface area contributed by atoms with E-state index in [1.807, 2.05) is 30.3 Å². The molecular weight excluding hydrogens is 470 g/mol. The number of benzene rings is 2. The number of nitrogens with one attached hydrogen (secondary N) is 1. The molecule has 2 aromatic carbocycles. The molecule has 0 aliphatic rings. The lowest BCUT2D eigenvalue weighted by atomic mass is 10.00. The minimum absolute atomic E-state index is 0.0211. The van der Waals surface area contributed by atoms with Crippen molar-refractivity contribution < 1.29 is 27.9 Å². The summed E-state index contributed by atoms with van der Waals surface area (Å²) in [4.78, 5) is 16.9. The molecule has 2 heterocycles. The smallest absolute Gasteiger partial charge is 0.255 e. The van der Waals surface area contributed by atoms with Crippen molar-refractivity contribution in [3.63, 3.8) is 0 Å². The maximum absolute atomic E-state index is 12.6. The lowest BCUT2D eigenvalue weighted by Crippen LogP contribution is -2.47. The number of sulfone groups is 1. The van der Waals surface area contributed by atoms with Crippen molar-refractivity contribution in [2.24, 2.45) is 0 Å². The van der Waals surface area contributed by atoms with Crippen LogP contribution < -0.4 is 5.32 Å². The van der Waals surface area contributed by atoms with Crippen molar-refractivity contribution in [1.29, 1.82) is 0 Å². The monoisotopic (exact) mass is 495 g/mol. The van der Waals surface area contributed by atoms with Crippen LogP contribution in [0.25, 0.3) is 22.2 Å². The predicted octanol–water partition coefficient (Wildman–Crippen LogP) is 3.25. The Hall–Kier alpha value is -3.76. The van der Waals surface area contributed by atoms with Gasteiger partial charge in [0.25, 0.3) is 5.91 Å². The topological polar surface area (TPSA) is 143 Å². The number of fused-ring (bicyclic) bond motifs is 1. The number of nitrogens with zero attached hydrogens (tertiary/aromatic N) is 2. The maximum Gasteiger partial charge on any atom is 0.255 e. The molecule has 182 valence electrons. The van der Waals surface area contributed by atoms with Crippen LogP contribution in [0.5, 0.6) is 5.75 Å². The molecule has 0 radical (unpaired) electrons. The first-order chi connectivity index (χ1) is 16.6. The molecule has 10 heteroatoms. The van der Waals surface area contributed by atoms with Crippen LogP contribution in [0.4, 0.5) is 0 Å². The van der Waals surface area contributed by atoms with E-state index in [4.69, 9.17) is 4.52 Å². The Balaban J connectivity index is 1.51. The fourth-order valence-corrected chi connectivity index (χ4v) is 4.48. The Labute approximate surface area is 202 Å². The SMILES string of the molecule is CC(CNC(=O)c1ccccc1O)(CC(O)c1cc(-c2cnc3ccccc3c2)no1)S(C)(=O)=O. The van der Waals surface area contributed by atoms with Gasteiger partial charge < -0.3 is 20.1 Å². The Morgan fingerprint density at radius 3 is 2.60 bits per heavy atom. The normalized spacial score (nSPS) is 14.4. The number of para-hydroxylation sites is 2. The number of aromatic hydroxyl groups is 1. The van der Waals surface area contributed by atoms with Gasteiger partial charge in [-0.25, -0.2) is 8.42 Å². The van der Waals surface area contributed by atoms with Crippen molar-refractivity contribution in [1.82, 2.24) is 15.5 Å². The maximum atomic E-state index is 12.6. The summed E-state index contributed by atoms with van der Waals surface area (Å²) >= 11 is 0. The average Bonchev–Trinajstić information content (AvgIpc) is 3.32. The zero-order valence-corrected chi connectivity index (χ0v) is 20.0. The molecule has 0 aliphatic carbocycles. The number of carbonyl (C=O) groups excluding carboxylic acids is 1. The van der Waals surface area contributed by atoms with Gasteiger partial charge in [0, 0.05) is 42.4 Å². The van der Waals surface area contributed by atoms with Crippen LogP contribution in [0.2, 0.25) is 0 Å². The second kappa shape index (κ2) is 9.47. The van der Waals surface area contributed by atoms with Crippen molar-refractivity contribution in [2.45, 2.75) is 24.2 Å². The molecular formula is C25H25N3O6S. The van der Waals surface area contributed by atoms with Gasteiger partial charge in [0.15, 0.2) is 15.6 Å². The summed E-state index contributed by atoms with van der Waals surface area (Å²) in [5.74, 6) is -0.753. The highest BCUT2D eigenvalue weighted by atomic mass is 32.2. The van der Waals surface area contributed by atoms with E-state index >= 15 is 0 Å². The molecule has 4 rings (SSSR count). The number of hydrogen-bond donors (Lipinski definition) is 3. The Morgan fingerprint density at radius 1 is 1.14 bits per heavy atom. The second-order valence-electron chi connectivity index (χ2n) is 8.67. The quantitative estimate of drug-likeness (QED) is 0.338. The van der Waals surface area contributed by atoms with E-state index in [0.29, 0.717) is 11.3 Å². The summed E-state index contributed by atoms with van der Waals surface area (Å²) in [6.45, 7) is 1.15.